The summed E-state index contributed by atoms with van der Waals surface area (Å²) in [4.78, 5) is 3.92. The summed E-state index contributed by atoms with van der Waals surface area (Å²) in [5.41, 5.74) is 3.71. The fraction of sp³-hybridized carbons (Fsp3) is 0.200. The Balaban J connectivity index is 2.09. The first-order valence-electron chi connectivity index (χ1n) is 5.73. The van der Waals surface area contributed by atoms with Gasteiger partial charge >= 0.3 is 0 Å². The van der Waals surface area contributed by atoms with Crippen LogP contribution in [-0.4, -0.2) is 4.98 Å². The van der Waals surface area contributed by atoms with Crippen LogP contribution >= 0.6 is 0 Å². The van der Waals surface area contributed by atoms with E-state index in [0.29, 0.717) is 12.3 Å². The van der Waals surface area contributed by atoms with Gasteiger partial charge in [0.1, 0.15) is 24.1 Å². The molecule has 1 aromatic carbocycles. The first kappa shape index (κ1) is 12.1. The molecule has 0 saturated heterocycles. The van der Waals surface area contributed by atoms with Gasteiger partial charge in [-0.3, -0.25) is 0 Å². The molecule has 0 aliphatic carbocycles. The Morgan fingerprint density at radius 2 is 1.89 bits per heavy atom. The van der Waals surface area contributed by atoms with E-state index in [9.17, 15) is 0 Å². The van der Waals surface area contributed by atoms with Crippen LogP contribution in [0.25, 0.3) is 0 Å². The molecule has 18 heavy (non-hydrogen) atoms. The minimum Gasteiger partial charge on any atom is -0.489 e. The lowest BCUT2D eigenvalue weighted by atomic mass is 10.1. The Bertz CT molecular complexity index is 579. The third kappa shape index (κ3) is 3.08. The van der Waals surface area contributed by atoms with Crippen molar-refractivity contribution < 1.29 is 4.74 Å². The van der Waals surface area contributed by atoms with E-state index in [-0.39, 0.29) is 0 Å². The van der Waals surface area contributed by atoms with Gasteiger partial charge < -0.3 is 4.74 Å². The summed E-state index contributed by atoms with van der Waals surface area (Å²) in [6.45, 7) is 4.53. The van der Waals surface area contributed by atoms with Gasteiger partial charge in [-0.05, 0) is 54.8 Å². The molecule has 3 nitrogen and oxygen atoms in total. The number of aromatic nitrogens is 1. The van der Waals surface area contributed by atoms with Gasteiger partial charge in [-0.2, -0.15) is 5.26 Å². The summed E-state index contributed by atoms with van der Waals surface area (Å²) in [5.74, 6) is 0.850. The first-order chi connectivity index (χ1) is 8.67. The van der Waals surface area contributed by atoms with Crippen molar-refractivity contribution in [2.45, 2.75) is 20.5 Å². The van der Waals surface area contributed by atoms with Crippen molar-refractivity contribution >= 4 is 0 Å². The second kappa shape index (κ2) is 5.33. The largest absolute Gasteiger partial charge is 0.489 e. The summed E-state index contributed by atoms with van der Waals surface area (Å²) in [7, 11) is 0. The molecular formula is C15H14N2O. The molecule has 0 N–H and O–H groups in total. The maximum Gasteiger partial charge on any atom is 0.140 e. The van der Waals surface area contributed by atoms with Gasteiger partial charge in [-0.15, -0.1) is 0 Å². The van der Waals surface area contributed by atoms with E-state index in [4.69, 9.17) is 10.00 Å². The van der Waals surface area contributed by atoms with Crippen LogP contribution in [0.3, 0.4) is 0 Å². The molecule has 0 amide bonds. The van der Waals surface area contributed by atoms with E-state index in [1.807, 2.05) is 38.1 Å². The zero-order valence-corrected chi connectivity index (χ0v) is 10.5. The Morgan fingerprint density at radius 3 is 2.56 bits per heavy atom. The molecule has 90 valence electrons. The number of ether oxygens (including phenoxy) is 1. The summed E-state index contributed by atoms with van der Waals surface area (Å²) >= 11 is 0. The van der Waals surface area contributed by atoms with E-state index in [2.05, 4.69) is 11.1 Å². The van der Waals surface area contributed by atoms with Gasteiger partial charge in [0, 0.05) is 6.20 Å². The fourth-order valence-electron chi connectivity index (χ4n) is 1.81. The predicted molar refractivity (Wildman–Crippen MR) is 69.2 cm³/mol. The lowest BCUT2D eigenvalue weighted by Crippen LogP contribution is -1.97. The van der Waals surface area contributed by atoms with Crippen molar-refractivity contribution in [2.75, 3.05) is 0 Å². The molecule has 0 fully saturated rings. The molecule has 2 aromatic rings. The number of rotatable bonds is 3. The first-order valence-corrected chi connectivity index (χ1v) is 5.73. The van der Waals surface area contributed by atoms with E-state index in [1.54, 1.807) is 12.3 Å². The second-order valence-corrected chi connectivity index (χ2v) is 4.27. The smallest absolute Gasteiger partial charge is 0.140 e. The topological polar surface area (TPSA) is 45.9 Å². The van der Waals surface area contributed by atoms with Crippen molar-refractivity contribution in [3.05, 3.63) is 58.9 Å². The number of pyridine rings is 1. The van der Waals surface area contributed by atoms with Crippen LogP contribution in [-0.2, 0) is 6.61 Å². The molecule has 0 aliphatic rings. The van der Waals surface area contributed by atoms with Crippen LogP contribution in [0, 0.1) is 25.2 Å². The maximum absolute atomic E-state index is 8.77. The minimum atomic E-state index is 0.413. The second-order valence-electron chi connectivity index (χ2n) is 4.27. The Morgan fingerprint density at radius 1 is 1.17 bits per heavy atom. The number of nitriles is 1. The zero-order chi connectivity index (χ0) is 13.0. The van der Waals surface area contributed by atoms with Crippen molar-refractivity contribution in [2.24, 2.45) is 0 Å². The highest BCUT2D eigenvalue weighted by molar-refractivity contribution is 5.33. The van der Waals surface area contributed by atoms with Crippen molar-refractivity contribution in [1.29, 1.82) is 5.26 Å². The monoisotopic (exact) mass is 238 g/mol. The summed E-state index contributed by atoms with van der Waals surface area (Å²) < 4.78 is 5.72. The molecule has 1 aromatic heterocycles. The quantitative estimate of drug-likeness (QED) is 0.825. The molecular weight excluding hydrogens is 224 g/mol. The number of nitrogens with zero attached hydrogens (tertiary/aromatic N) is 2. The molecule has 0 atom stereocenters. The predicted octanol–water partition coefficient (Wildman–Crippen LogP) is 3.15. The zero-order valence-electron chi connectivity index (χ0n) is 10.5. The highest BCUT2D eigenvalue weighted by Gasteiger charge is 2.00. The van der Waals surface area contributed by atoms with Crippen molar-refractivity contribution in [1.82, 2.24) is 4.98 Å². The van der Waals surface area contributed by atoms with Crippen LogP contribution in [0.15, 0.2) is 36.5 Å². The van der Waals surface area contributed by atoms with E-state index in [1.165, 1.54) is 11.1 Å². The molecule has 0 unspecified atom stereocenters. The van der Waals surface area contributed by atoms with Crippen LogP contribution in [0.2, 0.25) is 0 Å². The Kier molecular flexibility index (Phi) is 3.59. The fourth-order valence-corrected chi connectivity index (χ4v) is 1.81. The highest BCUT2D eigenvalue weighted by atomic mass is 16.5. The number of benzene rings is 1. The normalized spacial score (nSPS) is 9.83. The number of aryl methyl sites for hydroxylation is 2. The lowest BCUT2D eigenvalue weighted by molar-refractivity contribution is 0.305. The van der Waals surface area contributed by atoms with Gasteiger partial charge in [-0.1, -0.05) is 6.07 Å². The van der Waals surface area contributed by atoms with E-state index in [0.717, 1.165) is 11.3 Å². The van der Waals surface area contributed by atoms with E-state index < -0.39 is 0 Å². The van der Waals surface area contributed by atoms with Crippen LogP contribution in [0.4, 0.5) is 0 Å². The lowest BCUT2D eigenvalue weighted by Gasteiger charge is -2.08. The minimum absolute atomic E-state index is 0.413. The molecule has 0 aliphatic heterocycles. The average Bonchev–Trinajstić information content (AvgIpc) is 2.35. The maximum atomic E-state index is 8.77. The van der Waals surface area contributed by atoms with E-state index >= 15 is 0 Å². The number of hydrogen-bond donors (Lipinski definition) is 0. The molecule has 0 bridgehead atoms. The van der Waals surface area contributed by atoms with Crippen LogP contribution in [0.5, 0.6) is 5.75 Å². The Hall–Kier alpha value is -2.34. The van der Waals surface area contributed by atoms with Gasteiger partial charge in [0.2, 0.25) is 0 Å². The average molecular weight is 238 g/mol. The van der Waals surface area contributed by atoms with Crippen LogP contribution < -0.4 is 4.74 Å². The highest BCUT2D eigenvalue weighted by Crippen LogP contribution is 2.17. The number of hydrogen-bond acceptors (Lipinski definition) is 3. The van der Waals surface area contributed by atoms with Crippen molar-refractivity contribution in [3.63, 3.8) is 0 Å². The molecule has 0 spiro atoms. The summed E-state index contributed by atoms with van der Waals surface area (Å²) in [6, 6.07) is 11.7. The van der Waals surface area contributed by atoms with Gasteiger partial charge in [0.05, 0.1) is 0 Å². The van der Waals surface area contributed by atoms with Crippen molar-refractivity contribution in [3.8, 4) is 11.8 Å². The third-order valence-corrected chi connectivity index (χ3v) is 2.54. The summed E-state index contributed by atoms with van der Waals surface area (Å²) in [6.07, 6.45) is 1.62. The standard InChI is InChI=1S/C15H14N2O/c1-11-5-12(2)7-15(6-11)18-10-13-3-4-17-14(8-13)9-16/h3-8H,10H2,1-2H3. The molecule has 0 saturated carbocycles. The molecule has 2 rings (SSSR count). The summed E-state index contributed by atoms with van der Waals surface area (Å²) in [5, 5.41) is 8.77. The Labute approximate surface area is 107 Å². The van der Waals surface area contributed by atoms with Gasteiger partial charge in [0.25, 0.3) is 0 Å². The molecule has 1 heterocycles. The van der Waals surface area contributed by atoms with Crippen LogP contribution in [0.1, 0.15) is 22.4 Å². The third-order valence-electron chi connectivity index (χ3n) is 2.54. The SMILES string of the molecule is Cc1cc(C)cc(OCc2ccnc(C#N)c2)c1. The van der Waals surface area contributed by atoms with Gasteiger partial charge in [0.15, 0.2) is 0 Å². The molecule has 3 heteroatoms. The molecule has 0 radical (unpaired) electrons. The van der Waals surface area contributed by atoms with Gasteiger partial charge in [-0.25, -0.2) is 4.98 Å².